The molecule has 0 unspecified atom stereocenters. The van der Waals surface area contributed by atoms with Crippen LogP contribution in [-0.2, 0) is 9.31 Å². The van der Waals surface area contributed by atoms with Gasteiger partial charge in [0.1, 0.15) is 11.2 Å². The standard InChI is InChI=1S/C40H34BNO3/c1-39(2)40(3,4)45-41(44-39)34-20-13-21-36-37(34)33-26-35(31-18-11-12-19-32(31)38(33)43-36)42(29-16-9-6-10-17-29)30-24-22-28(23-25-30)27-14-7-5-8-15-27/h5-26H,1-4H3. The Morgan fingerprint density at radius 3 is 1.80 bits per heavy atom. The molecule has 0 saturated carbocycles. The Kier molecular flexibility index (Phi) is 6.38. The summed E-state index contributed by atoms with van der Waals surface area (Å²) in [4.78, 5) is 2.34. The highest BCUT2D eigenvalue weighted by Gasteiger charge is 2.52. The van der Waals surface area contributed by atoms with Crippen LogP contribution in [0.5, 0.6) is 0 Å². The number of para-hydroxylation sites is 1. The van der Waals surface area contributed by atoms with E-state index < -0.39 is 18.3 Å². The van der Waals surface area contributed by atoms with Gasteiger partial charge in [-0.1, -0.05) is 97.1 Å². The number of benzene rings is 6. The summed E-state index contributed by atoms with van der Waals surface area (Å²) in [5.41, 5.74) is 7.35. The Hall–Kier alpha value is -4.84. The minimum absolute atomic E-state index is 0.451. The molecule has 1 aliphatic heterocycles. The third-order valence-electron chi connectivity index (χ3n) is 9.51. The molecule has 1 aliphatic rings. The van der Waals surface area contributed by atoms with Crippen molar-refractivity contribution in [2.45, 2.75) is 38.9 Å². The molecule has 0 amide bonds. The van der Waals surface area contributed by atoms with Crippen molar-refractivity contribution in [3.05, 3.63) is 133 Å². The lowest BCUT2D eigenvalue weighted by Gasteiger charge is -2.32. The summed E-state index contributed by atoms with van der Waals surface area (Å²) < 4.78 is 19.8. The SMILES string of the molecule is CC1(C)OB(c2cccc3oc4c5ccccc5c(N(c5ccccc5)c5ccc(-c6ccccc6)cc5)cc4c23)OC1(C)C. The first-order chi connectivity index (χ1) is 21.8. The summed E-state index contributed by atoms with van der Waals surface area (Å²) in [5.74, 6) is 0. The van der Waals surface area contributed by atoms with Crippen molar-refractivity contribution in [2.24, 2.45) is 0 Å². The van der Waals surface area contributed by atoms with E-state index in [1.807, 2.05) is 18.2 Å². The zero-order chi connectivity index (χ0) is 30.8. The van der Waals surface area contributed by atoms with Crippen LogP contribution in [-0.4, -0.2) is 18.3 Å². The molecule has 45 heavy (non-hydrogen) atoms. The highest BCUT2D eigenvalue weighted by atomic mass is 16.7. The van der Waals surface area contributed by atoms with Crippen LogP contribution in [0.25, 0.3) is 43.8 Å². The highest BCUT2D eigenvalue weighted by Crippen LogP contribution is 2.45. The van der Waals surface area contributed by atoms with E-state index in [-0.39, 0.29) is 0 Å². The van der Waals surface area contributed by atoms with Gasteiger partial charge in [0.15, 0.2) is 0 Å². The number of hydrogen-bond acceptors (Lipinski definition) is 4. The first kappa shape index (κ1) is 27.7. The zero-order valence-corrected chi connectivity index (χ0v) is 26.0. The van der Waals surface area contributed by atoms with Crippen molar-refractivity contribution in [3.63, 3.8) is 0 Å². The second-order valence-corrected chi connectivity index (χ2v) is 12.8. The summed E-state index contributed by atoms with van der Waals surface area (Å²) in [7, 11) is -0.509. The molecule has 1 aromatic heterocycles. The predicted octanol–water partition coefficient (Wildman–Crippen LogP) is 10.2. The maximum atomic E-state index is 6.65. The van der Waals surface area contributed by atoms with E-state index >= 15 is 0 Å². The molecule has 8 rings (SSSR count). The van der Waals surface area contributed by atoms with E-state index in [0.29, 0.717) is 0 Å². The van der Waals surface area contributed by atoms with Gasteiger partial charge >= 0.3 is 7.12 Å². The van der Waals surface area contributed by atoms with Crippen LogP contribution in [0.2, 0.25) is 0 Å². The topological polar surface area (TPSA) is 34.8 Å². The molecule has 2 heterocycles. The lowest BCUT2D eigenvalue weighted by molar-refractivity contribution is 0.00578. The van der Waals surface area contributed by atoms with Crippen LogP contribution in [0.15, 0.2) is 138 Å². The maximum absolute atomic E-state index is 6.65. The van der Waals surface area contributed by atoms with Crippen molar-refractivity contribution >= 4 is 62.4 Å². The van der Waals surface area contributed by atoms with E-state index in [0.717, 1.165) is 55.2 Å². The highest BCUT2D eigenvalue weighted by molar-refractivity contribution is 6.66. The smallest absolute Gasteiger partial charge is 0.455 e. The van der Waals surface area contributed by atoms with Crippen LogP contribution >= 0.6 is 0 Å². The fourth-order valence-electron chi connectivity index (χ4n) is 6.45. The Morgan fingerprint density at radius 1 is 0.533 bits per heavy atom. The number of nitrogens with zero attached hydrogens (tertiary/aromatic N) is 1. The molecule has 220 valence electrons. The molecule has 6 aromatic carbocycles. The van der Waals surface area contributed by atoms with E-state index in [2.05, 4.69) is 148 Å². The summed E-state index contributed by atoms with van der Waals surface area (Å²) in [5, 5.41) is 4.22. The minimum Gasteiger partial charge on any atom is -0.455 e. The molecule has 0 bridgehead atoms. The van der Waals surface area contributed by atoms with Gasteiger partial charge in [0, 0.05) is 32.9 Å². The Bertz CT molecular complexity index is 2150. The van der Waals surface area contributed by atoms with Crippen molar-refractivity contribution in [3.8, 4) is 11.1 Å². The van der Waals surface area contributed by atoms with E-state index in [1.54, 1.807) is 0 Å². The van der Waals surface area contributed by atoms with Crippen LogP contribution in [0.1, 0.15) is 27.7 Å². The average Bonchev–Trinajstić information content (AvgIpc) is 3.55. The second-order valence-electron chi connectivity index (χ2n) is 12.8. The summed E-state index contributed by atoms with van der Waals surface area (Å²) in [6, 6.07) is 46.8. The van der Waals surface area contributed by atoms with Gasteiger partial charge in [-0.25, -0.2) is 0 Å². The summed E-state index contributed by atoms with van der Waals surface area (Å²) in [6.45, 7) is 8.36. The zero-order valence-electron chi connectivity index (χ0n) is 26.0. The third-order valence-corrected chi connectivity index (χ3v) is 9.51. The monoisotopic (exact) mass is 587 g/mol. The molecule has 0 radical (unpaired) electrons. The van der Waals surface area contributed by atoms with Gasteiger partial charge in [-0.15, -0.1) is 0 Å². The van der Waals surface area contributed by atoms with Gasteiger partial charge in [0.25, 0.3) is 0 Å². The molecule has 0 atom stereocenters. The van der Waals surface area contributed by atoms with Crippen LogP contribution in [0.4, 0.5) is 17.1 Å². The Labute approximate surface area is 264 Å². The molecule has 0 aliphatic carbocycles. The maximum Gasteiger partial charge on any atom is 0.495 e. The lowest BCUT2D eigenvalue weighted by atomic mass is 9.76. The van der Waals surface area contributed by atoms with Crippen molar-refractivity contribution < 1.29 is 13.7 Å². The van der Waals surface area contributed by atoms with Gasteiger partial charge in [-0.2, -0.15) is 0 Å². The molecule has 1 fully saturated rings. The first-order valence-corrected chi connectivity index (χ1v) is 15.5. The van der Waals surface area contributed by atoms with Crippen LogP contribution in [0, 0.1) is 0 Å². The molecule has 1 saturated heterocycles. The molecule has 0 N–H and O–H groups in total. The van der Waals surface area contributed by atoms with Crippen LogP contribution < -0.4 is 10.4 Å². The number of furan rings is 1. The molecule has 5 heteroatoms. The van der Waals surface area contributed by atoms with Gasteiger partial charge in [-0.05, 0) is 80.7 Å². The van der Waals surface area contributed by atoms with Gasteiger partial charge in [0.05, 0.1) is 16.9 Å². The summed E-state index contributed by atoms with van der Waals surface area (Å²) in [6.07, 6.45) is 0. The van der Waals surface area contributed by atoms with E-state index in [9.17, 15) is 0 Å². The molecular weight excluding hydrogens is 553 g/mol. The molecule has 7 aromatic rings. The Balaban J connectivity index is 1.37. The largest absolute Gasteiger partial charge is 0.495 e. The van der Waals surface area contributed by atoms with Gasteiger partial charge < -0.3 is 18.6 Å². The van der Waals surface area contributed by atoms with Gasteiger partial charge in [0.2, 0.25) is 0 Å². The van der Waals surface area contributed by atoms with Crippen LogP contribution in [0.3, 0.4) is 0 Å². The normalized spacial score (nSPS) is 15.7. The molecular formula is C40H34BNO3. The fourth-order valence-corrected chi connectivity index (χ4v) is 6.45. The lowest BCUT2D eigenvalue weighted by Crippen LogP contribution is -2.41. The van der Waals surface area contributed by atoms with E-state index in [4.69, 9.17) is 13.7 Å². The number of rotatable bonds is 5. The van der Waals surface area contributed by atoms with Gasteiger partial charge in [-0.3, -0.25) is 0 Å². The number of fused-ring (bicyclic) bond motifs is 5. The number of hydrogen-bond donors (Lipinski definition) is 0. The minimum atomic E-state index is -0.509. The summed E-state index contributed by atoms with van der Waals surface area (Å²) >= 11 is 0. The third kappa shape index (κ3) is 4.54. The first-order valence-electron chi connectivity index (χ1n) is 15.5. The predicted molar refractivity (Wildman–Crippen MR) is 187 cm³/mol. The fraction of sp³-hybridized carbons (Fsp3) is 0.150. The molecule has 0 spiro atoms. The van der Waals surface area contributed by atoms with E-state index in [1.165, 1.54) is 11.1 Å². The Morgan fingerprint density at radius 2 is 1.11 bits per heavy atom. The van der Waals surface area contributed by atoms with Crippen molar-refractivity contribution in [1.29, 1.82) is 0 Å². The van der Waals surface area contributed by atoms with Crippen molar-refractivity contribution in [1.82, 2.24) is 0 Å². The number of anilines is 3. The van der Waals surface area contributed by atoms with Crippen molar-refractivity contribution in [2.75, 3.05) is 4.90 Å². The quantitative estimate of drug-likeness (QED) is 0.188. The molecule has 4 nitrogen and oxygen atoms in total. The average molecular weight is 588 g/mol. The second kappa shape index (κ2) is 10.4.